The minimum Gasteiger partial charge on any atom is -0.273 e. The predicted octanol–water partition coefficient (Wildman–Crippen LogP) is 3.63. The number of hydrogen-bond donors (Lipinski definition) is 1. The quantitative estimate of drug-likeness (QED) is 0.621. The van der Waals surface area contributed by atoms with Gasteiger partial charge in [-0.25, -0.2) is 9.66 Å². The Balaban J connectivity index is 1.58. The average molecular weight is 478 g/mol. The SMILES string of the molecule is Cc1nn(CCC(=O)Nn2c(C)nc3sc4c(c3c2=O)CC[C@H](C)C4)c(C)c1Br. The lowest BCUT2D eigenvalue weighted by Gasteiger charge is -2.17. The van der Waals surface area contributed by atoms with Gasteiger partial charge < -0.3 is 0 Å². The van der Waals surface area contributed by atoms with E-state index in [1.807, 2.05) is 13.8 Å². The zero-order valence-corrected chi connectivity index (χ0v) is 19.4. The number of aromatic nitrogens is 4. The van der Waals surface area contributed by atoms with E-state index in [9.17, 15) is 9.59 Å². The number of aryl methyl sites for hydroxylation is 4. The van der Waals surface area contributed by atoms with Crippen molar-refractivity contribution in [2.24, 2.45) is 5.92 Å². The zero-order chi connectivity index (χ0) is 20.9. The normalized spacial score (nSPS) is 16.2. The van der Waals surface area contributed by atoms with E-state index < -0.39 is 0 Å². The largest absolute Gasteiger partial charge is 0.281 e. The van der Waals surface area contributed by atoms with Gasteiger partial charge in [0.05, 0.1) is 22.1 Å². The lowest BCUT2D eigenvalue weighted by molar-refractivity contribution is -0.117. The molecule has 1 aliphatic rings. The molecule has 1 amide bonds. The van der Waals surface area contributed by atoms with Crippen molar-refractivity contribution in [3.63, 3.8) is 0 Å². The van der Waals surface area contributed by atoms with Gasteiger partial charge in [0.1, 0.15) is 10.7 Å². The summed E-state index contributed by atoms with van der Waals surface area (Å²) in [5, 5.41) is 5.09. The van der Waals surface area contributed by atoms with Crippen molar-refractivity contribution in [1.29, 1.82) is 0 Å². The zero-order valence-electron chi connectivity index (χ0n) is 17.0. The predicted molar refractivity (Wildman–Crippen MR) is 118 cm³/mol. The fourth-order valence-corrected chi connectivity index (χ4v) is 5.61. The smallest absolute Gasteiger partial charge is 0.273 e. The molecule has 0 aliphatic heterocycles. The Bertz CT molecular complexity index is 1180. The number of halogens is 1. The first-order valence-corrected chi connectivity index (χ1v) is 11.4. The second-order valence-electron chi connectivity index (χ2n) is 7.82. The Morgan fingerprint density at radius 1 is 1.34 bits per heavy atom. The van der Waals surface area contributed by atoms with Crippen LogP contribution in [0, 0.1) is 26.7 Å². The highest BCUT2D eigenvalue weighted by molar-refractivity contribution is 9.10. The van der Waals surface area contributed by atoms with Crippen LogP contribution in [0.5, 0.6) is 0 Å². The first-order chi connectivity index (χ1) is 13.8. The second-order valence-corrected chi connectivity index (χ2v) is 9.70. The Hall–Kier alpha value is -2.00. The van der Waals surface area contributed by atoms with Gasteiger partial charge in [-0.1, -0.05) is 6.92 Å². The van der Waals surface area contributed by atoms with Crippen LogP contribution in [0.2, 0.25) is 0 Å². The fourth-order valence-electron chi connectivity index (χ4n) is 3.90. The van der Waals surface area contributed by atoms with Crippen molar-refractivity contribution in [3.05, 3.63) is 42.5 Å². The lowest BCUT2D eigenvalue weighted by Crippen LogP contribution is -2.36. The maximum absolute atomic E-state index is 13.2. The van der Waals surface area contributed by atoms with Gasteiger partial charge in [-0.2, -0.15) is 5.10 Å². The molecule has 0 radical (unpaired) electrons. The van der Waals surface area contributed by atoms with Crippen molar-refractivity contribution < 1.29 is 4.79 Å². The summed E-state index contributed by atoms with van der Waals surface area (Å²) < 4.78 is 4.05. The minimum absolute atomic E-state index is 0.179. The minimum atomic E-state index is -0.238. The van der Waals surface area contributed by atoms with E-state index in [0.29, 0.717) is 23.7 Å². The molecule has 0 bridgehead atoms. The summed E-state index contributed by atoms with van der Waals surface area (Å²) >= 11 is 5.12. The molecule has 29 heavy (non-hydrogen) atoms. The van der Waals surface area contributed by atoms with Gasteiger partial charge in [0.25, 0.3) is 5.56 Å². The number of carbonyl (C=O) groups is 1. The van der Waals surface area contributed by atoms with Gasteiger partial charge in [-0.3, -0.25) is 19.7 Å². The number of thiophene rings is 1. The Morgan fingerprint density at radius 2 is 2.10 bits per heavy atom. The molecule has 3 heterocycles. The van der Waals surface area contributed by atoms with E-state index >= 15 is 0 Å². The first-order valence-electron chi connectivity index (χ1n) is 9.79. The standard InChI is InChI=1S/C20H24BrN5O2S/c1-10-5-6-14-15(9-10)29-19-17(14)20(28)26(13(4)22-19)24-16(27)7-8-25-12(3)18(21)11(2)23-25/h10H,5-9H2,1-4H3,(H,24,27)/t10-/m0/s1. The highest BCUT2D eigenvalue weighted by atomic mass is 79.9. The van der Waals surface area contributed by atoms with Gasteiger partial charge in [0.15, 0.2) is 0 Å². The van der Waals surface area contributed by atoms with Crippen LogP contribution in [0.4, 0.5) is 0 Å². The molecule has 0 saturated carbocycles. The molecule has 1 aliphatic carbocycles. The summed E-state index contributed by atoms with van der Waals surface area (Å²) in [6.45, 7) is 8.31. The molecule has 4 rings (SSSR count). The van der Waals surface area contributed by atoms with E-state index in [0.717, 1.165) is 45.5 Å². The van der Waals surface area contributed by atoms with Gasteiger partial charge in [-0.15, -0.1) is 11.3 Å². The van der Waals surface area contributed by atoms with Crippen LogP contribution < -0.4 is 11.0 Å². The number of hydrogen-bond acceptors (Lipinski definition) is 5. The van der Waals surface area contributed by atoms with Crippen LogP contribution in [0.25, 0.3) is 10.2 Å². The van der Waals surface area contributed by atoms with Crippen molar-refractivity contribution in [3.8, 4) is 0 Å². The van der Waals surface area contributed by atoms with Crippen LogP contribution in [0.15, 0.2) is 9.27 Å². The van der Waals surface area contributed by atoms with Gasteiger partial charge >= 0.3 is 0 Å². The molecule has 3 aromatic heterocycles. The molecule has 1 atom stereocenters. The summed E-state index contributed by atoms with van der Waals surface area (Å²) in [6, 6.07) is 0. The second kappa shape index (κ2) is 7.68. The van der Waals surface area contributed by atoms with Crippen LogP contribution in [-0.4, -0.2) is 25.3 Å². The van der Waals surface area contributed by atoms with Crippen LogP contribution in [-0.2, 0) is 24.2 Å². The van der Waals surface area contributed by atoms with E-state index in [-0.39, 0.29) is 17.9 Å². The third kappa shape index (κ3) is 3.66. The van der Waals surface area contributed by atoms with Crippen molar-refractivity contribution in [2.75, 3.05) is 5.43 Å². The highest BCUT2D eigenvalue weighted by Crippen LogP contribution is 2.35. The Labute approximate surface area is 181 Å². The summed E-state index contributed by atoms with van der Waals surface area (Å²) in [4.78, 5) is 32.4. The van der Waals surface area contributed by atoms with Crippen LogP contribution in [0.1, 0.15) is 47.4 Å². The Morgan fingerprint density at radius 3 is 2.79 bits per heavy atom. The van der Waals surface area contributed by atoms with E-state index in [4.69, 9.17) is 0 Å². The molecular weight excluding hydrogens is 454 g/mol. The maximum Gasteiger partial charge on any atom is 0.281 e. The summed E-state index contributed by atoms with van der Waals surface area (Å²) in [6.07, 6.45) is 3.20. The molecule has 3 aromatic rings. The lowest BCUT2D eigenvalue weighted by atomic mass is 9.89. The molecule has 9 heteroatoms. The van der Waals surface area contributed by atoms with Gasteiger partial charge in [0, 0.05) is 17.0 Å². The number of rotatable bonds is 4. The molecule has 0 saturated heterocycles. The number of nitrogens with zero attached hydrogens (tertiary/aromatic N) is 4. The van der Waals surface area contributed by atoms with Crippen LogP contribution in [0.3, 0.4) is 0 Å². The van der Waals surface area contributed by atoms with Gasteiger partial charge in [-0.05, 0) is 67.4 Å². The molecular formula is C20H24BrN5O2S. The first kappa shape index (κ1) is 20.3. The summed E-state index contributed by atoms with van der Waals surface area (Å²) in [7, 11) is 0. The third-order valence-corrected chi connectivity index (χ3v) is 7.87. The molecule has 0 aromatic carbocycles. The monoisotopic (exact) mass is 477 g/mol. The molecule has 7 nitrogen and oxygen atoms in total. The third-order valence-electron chi connectivity index (χ3n) is 5.58. The topological polar surface area (TPSA) is 81.8 Å². The number of nitrogens with one attached hydrogen (secondary N) is 1. The molecule has 154 valence electrons. The number of amides is 1. The van der Waals surface area contributed by atoms with E-state index in [1.54, 1.807) is 22.9 Å². The fraction of sp³-hybridized carbons (Fsp3) is 0.500. The average Bonchev–Trinajstić information content (AvgIpc) is 3.14. The van der Waals surface area contributed by atoms with Crippen molar-refractivity contribution in [1.82, 2.24) is 19.4 Å². The summed E-state index contributed by atoms with van der Waals surface area (Å²) in [5.74, 6) is 0.891. The molecule has 0 spiro atoms. The van der Waals surface area contributed by atoms with Gasteiger partial charge in [0.2, 0.25) is 5.91 Å². The molecule has 0 fully saturated rings. The van der Waals surface area contributed by atoms with E-state index in [1.165, 1.54) is 9.55 Å². The maximum atomic E-state index is 13.2. The van der Waals surface area contributed by atoms with Crippen molar-refractivity contribution in [2.45, 2.75) is 59.9 Å². The highest BCUT2D eigenvalue weighted by Gasteiger charge is 2.24. The molecule has 1 N–H and O–H groups in total. The number of fused-ring (bicyclic) bond motifs is 3. The molecule has 0 unspecified atom stereocenters. The van der Waals surface area contributed by atoms with E-state index in [2.05, 4.69) is 38.4 Å². The number of carbonyl (C=O) groups excluding carboxylic acids is 1. The van der Waals surface area contributed by atoms with Crippen molar-refractivity contribution >= 4 is 43.4 Å². The van der Waals surface area contributed by atoms with Crippen LogP contribution >= 0.6 is 27.3 Å². The Kier molecular flexibility index (Phi) is 5.37. The summed E-state index contributed by atoms with van der Waals surface area (Å²) in [5.41, 5.74) is 5.55.